The fourth-order valence-electron chi connectivity index (χ4n) is 2.96. The summed E-state index contributed by atoms with van der Waals surface area (Å²) in [4.78, 5) is 18.7. The van der Waals surface area contributed by atoms with Crippen LogP contribution in [0.15, 0.2) is 48.8 Å². The first-order chi connectivity index (χ1) is 11.5. The van der Waals surface area contributed by atoms with Gasteiger partial charge >= 0.3 is 0 Å². The average Bonchev–Trinajstić information content (AvgIpc) is 2.58. The third-order valence-electron chi connectivity index (χ3n) is 4.57. The number of carbonyl (C=O) groups is 1. The lowest BCUT2D eigenvalue weighted by atomic mass is 9.79. The summed E-state index contributed by atoms with van der Waals surface area (Å²) < 4.78 is 5.78. The summed E-state index contributed by atoms with van der Waals surface area (Å²) in [5.74, 6) is 1.36. The van der Waals surface area contributed by atoms with Gasteiger partial charge in [0.25, 0.3) is 5.91 Å². The lowest BCUT2D eigenvalue weighted by Gasteiger charge is -2.42. The fourth-order valence-corrected chi connectivity index (χ4v) is 2.96. The molecule has 2 aromatic rings. The number of nitrogens with zero attached hydrogens (tertiary/aromatic N) is 2. The smallest absolute Gasteiger partial charge is 0.254 e. The van der Waals surface area contributed by atoms with E-state index < -0.39 is 0 Å². The van der Waals surface area contributed by atoms with Crippen molar-refractivity contribution < 1.29 is 9.53 Å². The van der Waals surface area contributed by atoms with E-state index in [1.54, 1.807) is 30.6 Å². The highest BCUT2D eigenvalue weighted by atomic mass is 16.5. The van der Waals surface area contributed by atoms with Crippen LogP contribution in [0.2, 0.25) is 0 Å². The SMILES string of the molecule is CC1(C)CN(C(=O)c2cccc(Oc3ccncc3)c2)CCC1N. The Morgan fingerprint density at radius 1 is 1.25 bits per heavy atom. The lowest BCUT2D eigenvalue weighted by molar-refractivity contribution is 0.0532. The van der Waals surface area contributed by atoms with Crippen molar-refractivity contribution in [3.8, 4) is 11.5 Å². The zero-order chi connectivity index (χ0) is 17.2. The number of hydrogen-bond donors (Lipinski definition) is 1. The van der Waals surface area contributed by atoms with Crippen LogP contribution in [0, 0.1) is 5.41 Å². The normalized spacial score (nSPS) is 19.8. The minimum Gasteiger partial charge on any atom is -0.457 e. The van der Waals surface area contributed by atoms with E-state index >= 15 is 0 Å². The first-order valence-corrected chi connectivity index (χ1v) is 8.18. The standard InChI is InChI=1S/C19H23N3O2/c1-19(2)13-22(11-8-17(19)20)18(23)14-4-3-5-16(12-14)24-15-6-9-21-10-7-15/h3-7,9-10,12,17H,8,11,13,20H2,1-2H3. The molecule has 1 aromatic heterocycles. The molecule has 5 nitrogen and oxygen atoms in total. The molecule has 3 rings (SSSR count). The molecule has 1 saturated heterocycles. The van der Waals surface area contributed by atoms with Crippen LogP contribution in [-0.4, -0.2) is 34.9 Å². The van der Waals surface area contributed by atoms with E-state index in [1.165, 1.54) is 0 Å². The Balaban J connectivity index is 1.75. The van der Waals surface area contributed by atoms with Gasteiger partial charge in [-0.1, -0.05) is 19.9 Å². The number of likely N-dealkylation sites (tertiary alicyclic amines) is 1. The molecule has 0 bridgehead atoms. The van der Waals surface area contributed by atoms with Gasteiger partial charge in [0.1, 0.15) is 11.5 Å². The van der Waals surface area contributed by atoms with Gasteiger partial charge in [-0.15, -0.1) is 0 Å². The number of aromatic nitrogens is 1. The van der Waals surface area contributed by atoms with E-state index in [1.807, 2.05) is 23.1 Å². The largest absolute Gasteiger partial charge is 0.457 e. The second-order valence-corrected chi connectivity index (χ2v) is 6.92. The minimum absolute atomic E-state index is 0.0233. The summed E-state index contributed by atoms with van der Waals surface area (Å²) in [5, 5.41) is 0. The van der Waals surface area contributed by atoms with E-state index in [-0.39, 0.29) is 17.4 Å². The molecule has 0 aliphatic carbocycles. The first kappa shape index (κ1) is 16.5. The number of amides is 1. The Morgan fingerprint density at radius 3 is 2.71 bits per heavy atom. The van der Waals surface area contributed by atoms with Gasteiger partial charge in [-0.25, -0.2) is 0 Å². The maximum Gasteiger partial charge on any atom is 0.254 e. The van der Waals surface area contributed by atoms with Crippen molar-refractivity contribution in [2.75, 3.05) is 13.1 Å². The Labute approximate surface area is 142 Å². The highest BCUT2D eigenvalue weighted by molar-refractivity contribution is 5.94. The van der Waals surface area contributed by atoms with Crippen molar-refractivity contribution in [2.45, 2.75) is 26.3 Å². The van der Waals surface area contributed by atoms with Crippen molar-refractivity contribution in [1.82, 2.24) is 9.88 Å². The third kappa shape index (κ3) is 3.57. The molecule has 5 heteroatoms. The third-order valence-corrected chi connectivity index (χ3v) is 4.57. The zero-order valence-corrected chi connectivity index (χ0v) is 14.1. The van der Waals surface area contributed by atoms with Gasteiger partial charge < -0.3 is 15.4 Å². The van der Waals surface area contributed by atoms with Crippen molar-refractivity contribution in [3.63, 3.8) is 0 Å². The summed E-state index contributed by atoms with van der Waals surface area (Å²) in [5.41, 5.74) is 6.72. The van der Waals surface area contributed by atoms with Gasteiger partial charge in [0.15, 0.2) is 0 Å². The predicted octanol–water partition coefficient (Wildman–Crippen LogP) is 3.07. The van der Waals surface area contributed by atoms with E-state index in [0.29, 0.717) is 30.2 Å². The molecule has 1 fully saturated rings. The Kier molecular flexibility index (Phi) is 4.53. The van der Waals surface area contributed by atoms with Crippen molar-refractivity contribution in [2.24, 2.45) is 11.1 Å². The number of piperidine rings is 1. The molecular formula is C19H23N3O2. The van der Waals surface area contributed by atoms with Gasteiger partial charge in [-0.05, 0) is 42.2 Å². The van der Waals surface area contributed by atoms with Crippen LogP contribution in [0.25, 0.3) is 0 Å². The highest BCUT2D eigenvalue weighted by Crippen LogP contribution is 2.29. The maximum atomic E-state index is 12.8. The number of benzene rings is 1. The summed E-state index contributed by atoms with van der Waals surface area (Å²) in [6, 6.07) is 11.0. The molecule has 2 N–H and O–H groups in total. The lowest BCUT2D eigenvalue weighted by Crippen LogP contribution is -2.53. The molecule has 1 aromatic carbocycles. The highest BCUT2D eigenvalue weighted by Gasteiger charge is 2.35. The molecule has 1 aliphatic heterocycles. The molecule has 1 amide bonds. The predicted molar refractivity (Wildman–Crippen MR) is 93.0 cm³/mol. The van der Waals surface area contributed by atoms with Gasteiger partial charge in [0.2, 0.25) is 0 Å². The number of rotatable bonds is 3. The quantitative estimate of drug-likeness (QED) is 0.941. The topological polar surface area (TPSA) is 68.5 Å². The van der Waals surface area contributed by atoms with Crippen LogP contribution >= 0.6 is 0 Å². The monoisotopic (exact) mass is 325 g/mol. The second-order valence-electron chi connectivity index (χ2n) is 6.92. The average molecular weight is 325 g/mol. The van der Waals surface area contributed by atoms with Crippen LogP contribution in [0.5, 0.6) is 11.5 Å². The molecule has 24 heavy (non-hydrogen) atoms. The first-order valence-electron chi connectivity index (χ1n) is 8.18. The summed E-state index contributed by atoms with van der Waals surface area (Å²) in [7, 11) is 0. The Morgan fingerprint density at radius 2 is 2.00 bits per heavy atom. The van der Waals surface area contributed by atoms with Gasteiger partial charge in [0.05, 0.1) is 0 Å². The van der Waals surface area contributed by atoms with E-state index in [0.717, 1.165) is 6.42 Å². The number of hydrogen-bond acceptors (Lipinski definition) is 4. The number of carbonyl (C=O) groups excluding carboxylic acids is 1. The van der Waals surface area contributed by atoms with Gasteiger partial charge in [0, 0.05) is 37.1 Å². The van der Waals surface area contributed by atoms with Gasteiger partial charge in [-0.2, -0.15) is 0 Å². The minimum atomic E-state index is -0.0704. The van der Waals surface area contributed by atoms with E-state index in [4.69, 9.17) is 10.5 Å². The van der Waals surface area contributed by atoms with Crippen molar-refractivity contribution in [1.29, 1.82) is 0 Å². The van der Waals surface area contributed by atoms with Crippen molar-refractivity contribution >= 4 is 5.91 Å². The molecule has 0 radical (unpaired) electrons. The summed E-state index contributed by atoms with van der Waals surface area (Å²) >= 11 is 0. The van der Waals surface area contributed by atoms with Crippen LogP contribution in [0.3, 0.4) is 0 Å². The number of ether oxygens (including phenoxy) is 1. The van der Waals surface area contributed by atoms with Crippen LogP contribution in [-0.2, 0) is 0 Å². The Hall–Kier alpha value is -2.40. The molecule has 1 atom stereocenters. The second kappa shape index (κ2) is 6.61. The summed E-state index contributed by atoms with van der Waals surface area (Å²) in [6.07, 6.45) is 4.17. The van der Waals surface area contributed by atoms with Crippen LogP contribution < -0.4 is 10.5 Å². The molecule has 0 spiro atoms. The van der Waals surface area contributed by atoms with Crippen molar-refractivity contribution in [3.05, 3.63) is 54.4 Å². The fraction of sp³-hybridized carbons (Fsp3) is 0.368. The molecule has 0 saturated carbocycles. The summed E-state index contributed by atoms with van der Waals surface area (Å²) in [6.45, 7) is 5.58. The zero-order valence-electron chi connectivity index (χ0n) is 14.1. The number of nitrogens with two attached hydrogens (primary N) is 1. The molecular weight excluding hydrogens is 302 g/mol. The van der Waals surface area contributed by atoms with Crippen LogP contribution in [0.4, 0.5) is 0 Å². The number of pyridine rings is 1. The Bertz CT molecular complexity index is 716. The molecule has 1 aliphatic rings. The molecule has 1 unspecified atom stereocenters. The van der Waals surface area contributed by atoms with E-state index in [2.05, 4.69) is 18.8 Å². The molecule has 2 heterocycles. The van der Waals surface area contributed by atoms with Crippen LogP contribution in [0.1, 0.15) is 30.6 Å². The maximum absolute atomic E-state index is 12.8. The molecule has 126 valence electrons. The van der Waals surface area contributed by atoms with Gasteiger partial charge in [-0.3, -0.25) is 9.78 Å². The van der Waals surface area contributed by atoms with E-state index in [9.17, 15) is 4.79 Å².